The van der Waals surface area contributed by atoms with Crippen LogP contribution in [-0.4, -0.2) is 93.2 Å². The number of benzene rings is 1. The minimum Gasteiger partial charge on any atom is -0.379 e. The number of imide groups is 2. The Bertz CT molecular complexity index is 1060. The molecule has 12 nitrogen and oxygen atoms in total. The van der Waals surface area contributed by atoms with Gasteiger partial charge in [0.1, 0.15) is 6.04 Å². The highest BCUT2D eigenvalue weighted by Crippen LogP contribution is 2.32. The summed E-state index contributed by atoms with van der Waals surface area (Å²) in [6.07, 6.45) is 6.84. The fraction of sp³-hybridized carbons (Fsp3) is 0.621. The first-order chi connectivity index (χ1) is 19.9. The van der Waals surface area contributed by atoms with Crippen LogP contribution >= 0.6 is 0 Å². The summed E-state index contributed by atoms with van der Waals surface area (Å²) in [7, 11) is 0. The maximum atomic E-state index is 13.1. The Morgan fingerprint density at radius 2 is 1.59 bits per heavy atom. The molecular weight excluding hydrogens is 532 g/mol. The number of ether oxygens (including phenoxy) is 3. The molecule has 2 aliphatic rings. The summed E-state index contributed by atoms with van der Waals surface area (Å²) in [6.45, 7) is 5.85. The summed E-state index contributed by atoms with van der Waals surface area (Å²) >= 11 is 0. The van der Waals surface area contributed by atoms with E-state index in [0.29, 0.717) is 51.7 Å². The summed E-state index contributed by atoms with van der Waals surface area (Å²) in [5, 5.41) is 7.87. The molecule has 1 aromatic rings. The highest BCUT2D eigenvalue weighted by atomic mass is 16.5. The van der Waals surface area contributed by atoms with E-state index in [1.807, 2.05) is 0 Å². The largest absolute Gasteiger partial charge is 0.379 e. The zero-order valence-electron chi connectivity index (χ0n) is 23.8. The molecule has 12 heteroatoms. The number of nitrogens with zero attached hydrogens (tertiary/aromatic N) is 1. The quantitative estimate of drug-likeness (QED) is 0.157. The molecule has 41 heavy (non-hydrogen) atoms. The van der Waals surface area contributed by atoms with Crippen LogP contribution in [0.4, 0.5) is 5.69 Å². The summed E-state index contributed by atoms with van der Waals surface area (Å²) in [4.78, 5) is 62.9. The van der Waals surface area contributed by atoms with Gasteiger partial charge in [-0.3, -0.25) is 34.2 Å². The van der Waals surface area contributed by atoms with Gasteiger partial charge in [0.15, 0.2) is 0 Å². The van der Waals surface area contributed by atoms with E-state index in [-0.39, 0.29) is 36.4 Å². The molecule has 0 bridgehead atoms. The lowest BCUT2D eigenvalue weighted by molar-refractivity contribution is -0.136. The van der Waals surface area contributed by atoms with Gasteiger partial charge in [0.05, 0.1) is 44.1 Å². The van der Waals surface area contributed by atoms with Crippen molar-refractivity contribution in [2.45, 2.75) is 64.3 Å². The number of hydrogen-bond donors (Lipinski definition) is 3. The van der Waals surface area contributed by atoms with E-state index >= 15 is 0 Å². The fourth-order valence-corrected chi connectivity index (χ4v) is 4.65. The number of unbranched alkanes of at least 4 members (excludes halogenated alkanes) is 4. The van der Waals surface area contributed by atoms with Crippen LogP contribution < -0.4 is 16.0 Å². The van der Waals surface area contributed by atoms with Gasteiger partial charge in [-0.25, -0.2) is 0 Å². The highest BCUT2D eigenvalue weighted by molar-refractivity contribution is 6.25. The van der Waals surface area contributed by atoms with Gasteiger partial charge in [0.25, 0.3) is 11.8 Å². The third-order valence-corrected chi connectivity index (χ3v) is 6.83. The minimum atomic E-state index is -1.05. The summed E-state index contributed by atoms with van der Waals surface area (Å²) in [5.74, 6) is -2.62. The molecule has 0 aromatic heterocycles. The smallest absolute Gasteiger partial charge is 0.264 e. The molecule has 3 N–H and O–H groups in total. The second kappa shape index (κ2) is 17.5. The third kappa shape index (κ3) is 9.91. The Morgan fingerprint density at radius 3 is 2.29 bits per heavy atom. The molecule has 2 heterocycles. The number of anilines is 1. The van der Waals surface area contributed by atoms with Crippen molar-refractivity contribution in [3.8, 4) is 0 Å². The Kier molecular flexibility index (Phi) is 13.7. The maximum absolute atomic E-state index is 13.1. The number of fused-ring (bicyclic) bond motifs is 1. The van der Waals surface area contributed by atoms with Crippen LogP contribution in [0.15, 0.2) is 18.2 Å². The predicted molar refractivity (Wildman–Crippen MR) is 150 cm³/mol. The molecule has 2 aliphatic heterocycles. The van der Waals surface area contributed by atoms with Crippen LogP contribution in [0.3, 0.4) is 0 Å². The zero-order chi connectivity index (χ0) is 29.5. The zero-order valence-corrected chi connectivity index (χ0v) is 23.8. The van der Waals surface area contributed by atoms with E-state index in [1.54, 1.807) is 12.1 Å². The number of rotatable bonds is 20. The standard InChI is InChI=1S/C29H42N4O8/c1-2-3-4-5-6-14-39-16-18-41-19-17-40-15-8-13-30-25(35)20-31-22-10-7-9-21-26(22)29(38)33(28(21)37)23-11-12-24(34)32-27(23)36/h7,9-10,23,31H,2-6,8,11-20H2,1H3,(H,30,35)(H,32,34,36). The third-order valence-electron chi connectivity index (χ3n) is 6.83. The molecule has 3 rings (SSSR count). The molecule has 5 amide bonds. The lowest BCUT2D eigenvalue weighted by atomic mass is 10.0. The van der Waals surface area contributed by atoms with Crippen molar-refractivity contribution >= 4 is 35.2 Å². The Balaban J connectivity index is 1.26. The van der Waals surface area contributed by atoms with Crippen molar-refractivity contribution in [1.29, 1.82) is 0 Å². The van der Waals surface area contributed by atoms with Crippen LogP contribution in [0.5, 0.6) is 0 Å². The van der Waals surface area contributed by atoms with E-state index in [9.17, 15) is 24.0 Å². The number of piperidine rings is 1. The van der Waals surface area contributed by atoms with E-state index < -0.39 is 29.7 Å². The highest BCUT2D eigenvalue weighted by Gasteiger charge is 2.45. The van der Waals surface area contributed by atoms with Crippen LogP contribution in [0.25, 0.3) is 0 Å². The molecule has 1 unspecified atom stereocenters. The van der Waals surface area contributed by atoms with Crippen molar-refractivity contribution in [1.82, 2.24) is 15.5 Å². The molecule has 0 aliphatic carbocycles. The molecule has 1 atom stereocenters. The summed E-state index contributed by atoms with van der Waals surface area (Å²) in [5.41, 5.74) is 0.586. The van der Waals surface area contributed by atoms with Gasteiger partial charge in [-0.2, -0.15) is 0 Å². The lowest BCUT2D eigenvalue weighted by Gasteiger charge is -2.27. The van der Waals surface area contributed by atoms with Crippen molar-refractivity contribution < 1.29 is 38.2 Å². The summed E-state index contributed by atoms with van der Waals surface area (Å²) in [6, 6.07) is 3.65. The molecule has 0 spiro atoms. The topological polar surface area (TPSA) is 152 Å². The fourth-order valence-electron chi connectivity index (χ4n) is 4.65. The lowest BCUT2D eigenvalue weighted by Crippen LogP contribution is -2.54. The Hall–Kier alpha value is -3.35. The first kappa shape index (κ1) is 32.2. The van der Waals surface area contributed by atoms with E-state index in [1.165, 1.54) is 31.7 Å². The second-order valence-electron chi connectivity index (χ2n) is 9.98. The monoisotopic (exact) mass is 574 g/mol. The van der Waals surface area contributed by atoms with Gasteiger partial charge < -0.3 is 24.8 Å². The molecule has 1 fully saturated rings. The number of hydrogen-bond acceptors (Lipinski definition) is 9. The molecule has 1 aromatic carbocycles. The average molecular weight is 575 g/mol. The van der Waals surface area contributed by atoms with Crippen molar-refractivity contribution in [2.24, 2.45) is 0 Å². The van der Waals surface area contributed by atoms with Gasteiger partial charge >= 0.3 is 0 Å². The Morgan fingerprint density at radius 1 is 0.902 bits per heavy atom. The van der Waals surface area contributed by atoms with Gasteiger partial charge in [-0.05, 0) is 31.4 Å². The van der Waals surface area contributed by atoms with Crippen molar-refractivity contribution in [3.05, 3.63) is 29.3 Å². The van der Waals surface area contributed by atoms with Gasteiger partial charge in [0, 0.05) is 31.9 Å². The van der Waals surface area contributed by atoms with E-state index in [0.717, 1.165) is 17.9 Å². The van der Waals surface area contributed by atoms with Crippen molar-refractivity contribution in [2.75, 3.05) is 58.0 Å². The SMILES string of the molecule is CCCCCCCOCCOCCOCCCNC(=O)CNc1cccc2c1C(=O)N(C1CCC(=O)NC1=O)C2=O. The maximum Gasteiger partial charge on any atom is 0.264 e. The predicted octanol–water partition coefficient (Wildman–Crippen LogP) is 2.03. The van der Waals surface area contributed by atoms with Gasteiger partial charge in [0.2, 0.25) is 17.7 Å². The molecule has 0 saturated carbocycles. The molecule has 0 radical (unpaired) electrons. The molecular formula is C29H42N4O8. The first-order valence-electron chi connectivity index (χ1n) is 14.5. The first-order valence-corrected chi connectivity index (χ1v) is 14.5. The Labute approximate surface area is 240 Å². The van der Waals surface area contributed by atoms with Crippen molar-refractivity contribution in [3.63, 3.8) is 0 Å². The van der Waals surface area contributed by atoms with Crippen LogP contribution in [0, 0.1) is 0 Å². The number of carbonyl (C=O) groups excluding carboxylic acids is 5. The number of amides is 5. The average Bonchev–Trinajstić information content (AvgIpc) is 3.21. The summed E-state index contributed by atoms with van der Waals surface area (Å²) < 4.78 is 16.5. The van der Waals surface area contributed by atoms with Gasteiger partial charge in [-0.1, -0.05) is 38.7 Å². The minimum absolute atomic E-state index is 0.0443. The van der Waals surface area contributed by atoms with Crippen LogP contribution in [0.2, 0.25) is 0 Å². The molecule has 226 valence electrons. The van der Waals surface area contributed by atoms with E-state index in [2.05, 4.69) is 22.9 Å². The molecule has 1 saturated heterocycles. The van der Waals surface area contributed by atoms with Crippen LogP contribution in [0.1, 0.15) is 79.0 Å². The van der Waals surface area contributed by atoms with Crippen LogP contribution in [-0.2, 0) is 28.6 Å². The van der Waals surface area contributed by atoms with E-state index in [4.69, 9.17) is 14.2 Å². The number of nitrogens with one attached hydrogen (secondary N) is 3. The second-order valence-corrected chi connectivity index (χ2v) is 9.98. The number of carbonyl (C=O) groups is 5. The normalized spacial score (nSPS) is 16.6. The van der Waals surface area contributed by atoms with Gasteiger partial charge in [-0.15, -0.1) is 0 Å².